The minimum absolute atomic E-state index is 0.652. The standard InChI is InChI=1S/C20H26/c1-3-10-19(20-13-8-5-9-14-20)16-15-17(2)18-11-6-4-7-12-18/h4-9,11-14,17,19H,3,10,15-16H2,1-2H3. The zero-order valence-electron chi connectivity index (χ0n) is 12.8. The van der Waals surface area contributed by atoms with Gasteiger partial charge >= 0.3 is 0 Å². The molecular weight excluding hydrogens is 240 g/mol. The summed E-state index contributed by atoms with van der Waals surface area (Å²) in [6.45, 7) is 4.64. The Morgan fingerprint density at radius 1 is 0.700 bits per heavy atom. The second kappa shape index (κ2) is 7.89. The fourth-order valence-corrected chi connectivity index (χ4v) is 2.95. The average Bonchev–Trinajstić information content (AvgIpc) is 2.53. The molecule has 0 radical (unpaired) electrons. The first kappa shape index (κ1) is 14.8. The van der Waals surface area contributed by atoms with Crippen LogP contribution in [0.4, 0.5) is 0 Å². The van der Waals surface area contributed by atoms with Crippen molar-refractivity contribution in [2.45, 2.75) is 51.4 Å². The van der Waals surface area contributed by atoms with Crippen LogP contribution in [0.5, 0.6) is 0 Å². The molecule has 0 aromatic heterocycles. The maximum absolute atomic E-state index is 2.35. The Morgan fingerprint density at radius 3 is 1.80 bits per heavy atom. The van der Waals surface area contributed by atoms with Gasteiger partial charge in [-0.2, -0.15) is 0 Å². The van der Waals surface area contributed by atoms with E-state index in [1.165, 1.54) is 36.8 Å². The van der Waals surface area contributed by atoms with Crippen molar-refractivity contribution >= 4 is 0 Å². The lowest BCUT2D eigenvalue weighted by molar-refractivity contribution is 0.514. The molecule has 0 spiro atoms. The molecule has 20 heavy (non-hydrogen) atoms. The van der Waals surface area contributed by atoms with Gasteiger partial charge < -0.3 is 0 Å². The minimum atomic E-state index is 0.652. The Labute approximate surface area is 123 Å². The van der Waals surface area contributed by atoms with E-state index in [0.717, 1.165) is 0 Å². The van der Waals surface area contributed by atoms with Crippen molar-refractivity contribution in [2.75, 3.05) is 0 Å². The number of hydrogen-bond donors (Lipinski definition) is 0. The Hall–Kier alpha value is -1.56. The molecule has 2 atom stereocenters. The molecule has 0 aliphatic carbocycles. The van der Waals surface area contributed by atoms with Crippen LogP contribution in [-0.2, 0) is 0 Å². The smallest absolute Gasteiger partial charge is 0.0162 e. The van der Waals surface area contributed by atoms with E-state index in [0.29, 0.717) is 11.8 Å². The predicted molar refractivity (Wildman–Crippen MR) is 88.2 cm³/mol. The molecule has 2 rings (SSSR count). The van der Waals surface area contributed by atoms with Gasteiger partial charge in [0.25, 0.3) is 0 Å². The Morgan fingerprint density at radius 2 is 1.25 bits per heavy atom. The Kier molecular flexibility index (Phi) is 5.86. The van der Waals surface area contributed by atoms with E-state index in [-0.39, 0.29) is 0 Å². The molecule has 0 N–H and O–H groups in total. The van der Waals surface area contributed by atoms with Gasteiger partial charge in [0.2, 0.25) is 0 Å². The Balaban J connectivity index is 1.96. The second-order valence-electron chi connectivity index (χ2n) is 5.79. The summed E-state index contributed by atoms with van der Waals surface area (Å²) < 4.78 is 0. The fourth-order valence-electron chi connectivity index (χ4n) is 2.95. The van der Waals surface area contributed by atoms with Gasteiger partial charge in [-0.05, 0) is 42.2 Å². The van der Waals surface area contributed by atoms with Crippen LogP contribution in [0.25, 0.3) is 0 Å². The molecule has 2 unspecified atom stereocenters. The summed E-state index contributed by atoms with van der Waals surface area (Å²) in [5, 5.41) is 0. The minimum Gasteiger partial charge on any atom is -0.0654 e. The van der Waals surface area contributed by atoms with Crippen molar-refractivity contribution in [2.24, 2.45) is 0 Å². The van der Waals surface area contributed by atoms with E-state index in [2.05, 4.69) is 74.5 Å². The second-order valence-corrected chi connectivity index (χ2v) is 5.79. The van der Waals surface area contributed by atoms with E-state index in [9.17, 15) is 0 Å². The molecule has 0 saturated carbocycles. The number of benzene rings is 2. The van der Waals surface area contributed by atoms with Crippen molar-refractivity contribution in [1.82, 2.24) is 0 Å². The predicted octanol–water partition coefficient (Wildman–Crippen LogP) is 6.15. The average molecular weight is 266 g/mol. The lowest BCUT2D eigenvalue weighted by Crippen LogP contribution is -2.02. The maximum Gasteiger partial charge on any atom is -0.0162 e. The number of rotatable bonds is 7. The van der Waals surface area contributed by atoms with Crippen LogP contribution in [0.2, 0.25) is 0 Å². The molecule has 0 heteroatoms. The molecule has 0 aliphatic rings. The van der Waals surface area contributed by atoms with E-state index in [1.807, 2.05) is 0 Å². The zero-order valence-corrected chi connectivity index (χ0v) is 12.8. The van der Waals surface area contributed by atoms with Gasteiger partial charge in [-0.3, -0.25) is 0 Å². The van der Waals surface area contributed by atoms with E-state index >= 15 is 0 Å². The highest BCUT2D eigenvalue weighted by molar-refractivity contribution is 5.21. The van der Waals surface area contributed by atoms with Crippen LogP contribution in [0.3, 0.4) is 0 Å². The van der Waals surface area contributed by atoms with Gasteiger partial charge in [0, 0.05) is 0 Å². The molecule has 2 aromatic carbocycles. The normalized spacial score (nSPS) is 13.9. The van der Waals surface area contributed by atoms with Gasteiger partial charge in [-0.1, -0.05) is 80.9 Å². The third kappa shape index (κ3) is 4.23. The highest BCUT2D eigenvalue weighted by Gasteiger charge is 2.13. The summed E-state index contributed by atoms with van der Waals surface area (Å²) in [6, 6.07) is 21.9. The summed E-state index contributed by atoms with van der Waals surface area (Å²) in [5.41, 5.74) is 2.98. The first-order chi connectivity index (χ1) is 9.81. The van der Waals surface area contributed by atoms with Crippen LogP contribution < -0.4 is 0 Å². The van der Waals surface area contributed by atoms with Crippen LogP contribution in [0.1, 0.15) is 62.5 Å². The van der Waals surface area contributed by atoms with E-state index in [1.54, 1.807) is 0 Å². The molecule has 0 aliphatic heterocycles. The van der Waals surface area contributed by atoms with Gasteiger partial charge in [0.05, 0.1) is 0 Å². The molecule has 0 fully saturated rings. The van der Waals surface area contributed by atoms with Crippen LogP contribution >= 0.6 is 0 Å². The molecular formula is C20H26. The molecule has 0 bridgehead atoms. The first-order valence-corrected chi connectivity index (χ1v) is 7.91. The van der Waals surface area contributed by atoms with E-state index < -0.39 is 0 Å². The summed E-state index contributed by atoms with van der Waals surface area (Å²) in [5.74, 6) is 1.37. The van der Waals surface area contributed by atoms with Crippen molar-refractivity contribution in [3.63, 3.8) is 0 Å². The molecule has 0 nitrogen and oxygen atoms in total. The number of hydrogen-bond acceptors (Lipinski definition) is 0. The fraction of sp³-hybridized carbons (Fsp3) is 0.400. The quantitative estimate of drug-likeness (QED) is 0.563. The molecule has 0 amide bonds. The van der Waals surface area contributed by atoms with Crippen LogP contribution in [0, 0.1) is 0 Å². The highest BCUT2D eigenvalue weighted by atomic mass is 14.2. The largest absolute Gasteiger partial charge is 0.0654 e. The summed E-state index contributed by atoms with van der Waals surface area (Å²) in [7, 11) is 0. The lowest BCUT2D eigenvalue weighted by atomic mass is 9.86. The van der Waals surface area contributed by atoms with Crippen molar-refractivity contribution in [3.05, 3.63) is 71.8 Å². The SMILES string of the molecule is CCCC(CCC(C)c1ccccc1)c1ccccc1. The summed E-state index contributed by atoms with van der Waals surface area (Å²) in [4.78, 5) is 0. The Bertz CT molecular complexity index is 472. The van der Waals surface area contributed by atoms with Crippen molar-refractivity contribution in [3.8, 4) is 0 Å². The molecule has 0 saturated heterocycles. The van der Waals surface area contributed by atoms with Crippen LogP contribution in [-0.4, -0.2) is 0 Å². The third-order valence-electron chi connectivity index (χ3n) is 4.22. The third-order valence-corrected chi connectivity index (χ3v) is 4.22. The molecule has 106 valence electrons. The van der Waals surface area contributed by atoms with Gasteiger partial charge in [-0.25, -0.2) is 0 Å². The first-order valence-electron chi connectivity index (χ1n) is 7.91. The van der Waals surface area contributed by atoms with Gasteiger partial charge in [0.15, 0.2) is 0 Å². The van der Waals surface area contributed by atoms with Gasteiger partial charge in [0.1, 0.15) is 0 Å². The summed E-state index contributed by atoms with van der Waals surface area (Å²) in [6.07, 6.45) is 5.11. The van der Waals surface area contributed by atoms with E-state index in [4.69, 9.17) is 0 Å². The summed E-state index contributed by atoms with van der Waals surface area (Å²) >= 11 is 0. The van der Waals surface area contributed by atoms with Crippen molar-refractivity contribution in [1.29, 1.82) is 0 Å². The van der Waals surface area contributed by atoms with Crippen molar-refractivity contribution < 1.29 is 0 Å². The van der Waals surface area contributed by atoms with Gasteiger partial charge in [-0.15, -0.1) is 0 Å². The van der Waals surface area contributed by atoms with Crippen LogP contribution in [0.15, 0.2) is 60.7 Å². The zero-order chi connectivity index (χ0) is 14.2. The highest BCUT2D eigenvalue weighted by Crippen LogP contribution is 2.30. The monoisotopic (exact) mass is 266 g/mol. The maximum atomic E-state index is 2.35. The lowest BCUT2D eigenvalue weighted by Gasteiger charge is -2.19. The molecule has 0 heterocycles. The topological polar surface area (TPSA) is 0 Å². The molecule has 2 aromatic rings.